The molecule has 0 N–H and O–H groups in total. The van der Waals surface area contributed by atoms with Gasteiger partial charge in [0.15, 0.2) is 0 Å². The lowest BCUT2D eigenvalue weighted by Crippen LogP contribution is -2.86. The molecule has 4 fully saturated rings. The Morgan fingerprint density at radius 1 is 0.478 bits per heavy atom. The van der Waals surface area contributed by atoms with Gasteiger partial charge < -0.3 is 0 Å². The molecule has 0 heteroatoms. The fourth-order valence-corrected chi connectivity index (χ4v) is 10.3. The lowest BCUT2D eigenvalue weighted by Gasteiger charge is -2.92. The molecule has 4 aliphatic rings. The second kappa shape index (κ2) is 3.59. The van der Waals surface area contributed by atoms with Gasteiger partial charge in [0.25, 0.3) is 0 Å². The maximum atomic E-state index is 2.65. The van der Waals surface area contributed by atoms with E-state index in [9.17, 15) is 0 Å². The monoisotopic (exact) mass is 318 g/mol. The maximum absolute atomic E-state index is 2.65. The van der Waals surface area contributed by atoms with Crippen molar-refractivity contribution in [1.82, 2.24) is 0 Å². The Kier molecular flexibility index (Phi) is 2.78. The van der Waals surface area contributed by atoms with Crippen LogP contribution in [0.5, 0.6) is 0 Å². The van der Waals surface area contributed by atoms with Gasteiger partial charge >= 0.3 is 0 Å². The SMILES string of the molecule is CC1(C)C2C(C)(C)C3(C)CC1(C)C(C)(C)C(C)(C2(C)C)C3(C)C. The zero-order valence-corrected chi connectivity index (χ0v) is 18.3. The summed E-state index contributed by atoms with van der Waals surface area (Å²) in [7, 11) is 0. The van der Waals surface area contributed by atoms with E-state index in [1.807, 2.05) is 0 Å². The zero-order chi connectivity index (χ0) is 18.3. The third-order valence-electron chi connectivity index (χ3n) is 12.3. The standard InChI is InChI=1S/C23H42/c1-16(2)15-17(3,4)22(12)14-21(16,11)19(7,8)23(13,18(15,5)6)20(22,9)10/h15H,14H2,1-13H3. The van der Waals surface area contributed by atoms with Crippen molar-refractivity contribution in [2.45, 2.75) is 96.4 Å². The summed E-state index contributed by atoms with van der Waals surface area (Å²) in [6.45, 7) is 33.9. The van der Waals surface area contributed by atoms with Crippen LogP contribution in [0.4, 0.5) is 0 Å². The van der Waals surface area contributed by atoms with E-state index in [-0.39, 0.29) is 0 Å². The van der Waals surface area contributed by atoms with Gasteiger partial charge in [-0.25, -0.2) is 0 Å². The maximum Gasteiger partial charge on any atom is -0.0158 e. The van der Waals surface area contributed by atoms with Crippen LogP contribution in [-0.4, -0.2) is 0 Å². The minimum absolute atomic E-state index is 0.322. The minimum atomic E-state index is 0.322. The van der Waals surface area contributed by atoms with Crippen LogP contribution in [0.3, 0.4) is 0 Å². The molecule has 4 bridgehead atoms. The van der Waals surface area contributed by atoms with E-state index in [0.717, 1.165) is 5.92 Å². The van der Waals surface area contributed by atoms with E-state index < -0.39 is 0 Å². The molecule has 0 amide bonds. The highest BCUT2D eigenvalue weighted by Gasteiger charge is 2.88. The largest absolute Gasteiger partial charge is 0.0591 e. The van der Waals surface area contributed by atoms with Crippen molar-refractivity contribution in [3.8, 4) is 0 Å². The van der Waals surface area contributed by atoms with E-state index in [4.69, 9.17) is 0 Å². The summed E-state index contributed by atoms with van der Waals surface area (Å²) in [6.07, 6.45) is 1.36. The van der Waals surface area contributed by atoms with Crippen LogP contribution in [0.15, 0.2) is 0 Å². The van der Waals surface area contributed by atoms with Crippen molar-refractivity contribution in [2.24, 2.45) is 49.2 Å². The smallest absolute Gasteiger partial charge is 0.0158 e. The molecule has 0 spiro atoms. The predicted octanol–water partition coefficient (Wildman–Crippen LogP) is 7.18. The van der Waals surface area contributed by atoms with E-state index >= 15 is 0 Å². The summed E-state index contributed by atoms with van der Waals surface area (Å²) < 4.78 is 0. The van der Waals surface area contributed by atoms with Crippen LogP contribution in [0.2, 0.25) is 0 Å². The molecular weight excluding hydrogens is 276 g/mol. The summed E-state index contributed by atoms with van der Waals surface area (Å²) in [5.74, 6) is 0.747. The third-order valence-corrected chi connectivity index (χ3v) is 12.3. The normalized spacial score (nSPS) is 53.3. The number of rotatable bonds is 0. The Hall–Kier alpha value is 0. The first-order valence-electron chi connectivity index (χ1n) is 9.82. The first-order valence-corrected chi connectivity index (χ1v) is 9.82. The van der Waals surface area contributed by atoms with E-state index in [2.05, 4.69) is 90.0 Å². The molecule has 0 radical (unpaired) electrons. The highest BCUT2D eigenvalue weighted by Crippen LogP contribution is 2.93. The molecule has 0 heterocycles. The molecule has 2 unspecified atom stereocenters. The summed E-state index contributed by atoms with van der Waals surface area (Å²) in [4.78, 5) is 0. The molecule has 0 aromatic heterocycles. The molecule has 4 saturated carbocycles. The van der Waals surface area contributed by atoms with Gasteiger partial charge in [0.05, 0.1) is 0 Å². The summed E-state index contributed by atoms with van der Waals surface area (Å²) in [5.41, 5.74) is 2.78. The first-order chi connectivity index (χ1) is 9.82. The van der Waals surface area contributed by atoms with Crippen LogP contribution in [0.25, 0.3) is 0 Å². The van der Waals surface area contributed by atoms with Crippen molar-refractivity contribution < 1.29 is 0 Å². The fourth-order valence-electron chi connectivity index (χ4n) is 10.3. The summed E-state index contributed by atoms with van der Waals surface area (Å²) in [5, 5.41) is 0. The Morgan fingerprint density at radius 3 is 1.09 bits per heavy atom. The van der Waals surface area contributed by atoms with Crippen molar-refractivity contribution in [1.29, 1.82) is 0 Å². The second-order valence-electron chi connectivity index (χ2n) is 12.8. The van der Waals surface area contributed by atoms with Crippen molar-refractivity contribution >= 4 is 0 Å². The predicted molar refractivity (Wildman–Crippen MR) is 101 cm³/mol. The molecule has 0 aromatic rings. The van der Waals surface area contributed by atoms with Gasteiger partial charge in [0, 0.05) is 0 Å². The second-order valence-corrected chi connectivity index (χ2v) is 12.8. The molecule has 0 saturated heterocycles. The Labute approximate surface area is 146 Å². The third kappa shape index (κ3) is 1.16. The first kappa shape index (κ1) is 17.8. The summed E-state index contributed by atoms with van der Waals surface area (Å²) in [6, 6.07) is 0. The Balaban J connectivity index is 2.52. The highest BCUT2D eigenvalue weighted by atomic mass is 14.9. The van der Waals surface area contributed by atoms with Gasteiger partial charge in [-0.15, -0.1) is 0 Å². The number of hydrogen-bond acceptors (Lipinski definition) is 0. The molecular formula is C23H42. The topological polar surface area (TPSA) is 0 Å². The average Bonchev–Trinajstić information content (AvgIpc) is 2.30. The van der Waals surface area contributed by atoms with Gasteiger partial charge in [-0.05, 0) is 55.7 Å². The minimum Gasteiger partial charge on any atom is -0.0591 e. The van der Waals surface area contributed by atoms with Crippen LogP contribution >= 0.6 is 0 Å². The van der Waals surface area contributed by atoms with Crippen molar-refractivity contribution in [3.05, 3.63) is 0 Å². The molecule has 0 aliphatic heterocycles. The van der Waals surface area contributed by atoms with E-state index in [1.165, 1.54) is 6.42 Å². The highest BCUT2D eigenvalue weighted by molar-refractivity contribution is 5.35. The average molecular weight is 319 g/mol. The Bertz CT molecular complexity index is 531. The molecule has 0 aromatic carbocycles. The molecule has 2 atom stereocenters. The van der Waals surface area contributed by atoms with Gasteiger partial charge in [-0.1, -0.05) is 90.0 Å². The van der Waals surface area contributed by atoms with Crippen LogP contribution in [-0.2, 0) is 0 Å². The Morgan fingerprint density at radius 2 is 0.783 bits per heavy atom. The van der Waals surface area contributed by atoms with Crippen LogP contribution in [0.1, 0.15) is 96.4 Å². The molecule has 4 rings (SSSR count). The molecule has 4 aliphatic carbocycles. The van der Waals surface area contributed by atoms with Crippen LogP contribution < -0.4 is 0 Å². The van der Waals surface area contributed by atoms with Gasteiger partial charge in [0.2, 0.25) is 0 Å². The molecule has 134 valence electrons. The van der Waals surface area contributed by atoms with E-state index in [1.54, 1.807) is 0 Å². The fraction of sp³-hybridized carbons (Fsp3) is 1.00. The van der Waals surface area contributed by atoms with Crippen molar-refractivity contribution in [3.63, 3.8) is 0 Å². The van der Waals surface area contributed by atoms with E-state index in [0.29, 0.717) is 43.3 Å². The molecule has 23 heavy (non-hydrogen) atoms. The lowest BCUT2D eigenvalue weighted by atomic mass is 9.12. The molecule has 0 nitrogen and oxygen atoms in total. The zero-order valence-electron chi connectivity index (χ0n) is 18.3. The quantitative estimate of drug-likeness (QED) is 0.443. The summed E-state index contributed by atoms with van der Waals surface area (Å²) >= 11 is 0. The van der Waals surface area contributed by atoms with Gasteiger partial charge in [0.1, 0.15) is 0 Å². The van der Waals surface area contributed by atoms with Gasteiger partial charge in [-0.3, -0.25) is 0 Å². The van der Waals surface area contributed by atoms with Crippen LogP contribution in [0, 0.1) is 49.2 Å². The lowest BCUT2D eigenvalue weighted by molar-refractivity contribution is -0.442. The number of hydrogen-bond donors (Lipinski definition) is 0. The van der Waals surface area contributed by atoms with Crippen molar-refractivity contribution in [2.75, 3.05) is 0 Å². The van der Waals surface area contributed by atoms with Gasteiger partial charge in [-0.2, -0.15) is 0 Å².